The second-order valence-corrected chi connectivity index (χ2v) is 3.29. The molecule has 0 saturated carbocycles. The Morgan fingerprint density at radius 2 is 1.73 bits per heavy atom. The average Bonchev–Trinajstić information content (AvgIpc) is 1.58. The number of quaternary nitrogens is 1. The molecule has 0 aliphatic heterocycles. The fraction of sp³-hybridized carbons (Fsp3) is 0.857. The number of hydrogen-bond acceptors (Lipinski definition) is 3. The number of hydrogen-bond donors (Lipinski definition) is 1. The van der Waals surface area contributed by atoms with Gasteiger partial charge in [-0.2, -0.15) is 0 Å². The Bertz CT molecular complexity index is 103. The van der Waals surface area contributed by atoms with Crippen molar-refractivity contribution >= 4 is 5.97 Å². The molecule has 0 spiro atoms. The zero-order valence-corrected chi connectivity index (χ0v) is 7.76. The molecule has 11 heavy (non-hydrogen) atoms. The number of nitrogens with two attached hydrogens (primary N) is 1. The predicted octanol–water partition coefficient (Wildman–Crippen LogP) is -1.59. The van der Waals surface area contributed by atoms with Gasteiger partial charge < -0.3 is 20.1 Å². The Morgan fingerprint density at radius 1 is 1.45 bits per heavy atom. The second-order valence-electron chi connectivity index (χ2n) is 3.29. The summed E-state index contributed by atoms with van der Waals surface area (Å²) in [5, 5.41) is 8.89. The van der Waals surface area contributed by atoms with Crippen LogP contribution < -0.4 is 10.8 Å². The van der Waals surface area contributed by atoms with Crippen molar-refractivity contribution in [2.45, 2.75) is 6.92 Å². The molecule has 4 heteroatoms. The van der Waals surface area contributed by atoms with E-state index in [-0.39, 0.29) is 0 Å². The molecule has 0 aliphatic rings. The maximum atomic E-state index is 8.89. The Balaban J connectivity index is 0. The number of likely N-dealkylation sites (N-methyl/N-ethyl adjacent to an activating group) is 1. The van der Waals surface area contributed by atoms with Gasteiger partial charge in [0.1, 0.15) is 0 Å². The molecule has 0 aliphatic carbocycles. The average molecular weight is 162 g/mol. The van der Waals surface area contributed by atoms with Crippen molar-refractivity contribution in [1.82, 2.24) is 0 Å². The number of nitrogens with zero attached hydrogens (tertiary/aromatic N) is 1. The van der Waals surface area contributed by atoms with Gasteiger partial charge in [0.05, 0.1) is 27.7 Å². The highest BCUT2D eigenvalue weighted by molar-refractivity contribution is 5.60. The van der Waals surface area contributed by atoms with Gasteiger partial charge in [0.15, 0.2) is 0 Å². The largest absolute Gasteiger partial charge is 0.550 e. The first-order chi connectivity index (χ1) is 4.79. The van der Waals surface area contributed by atoms with Crippen molar-refractivity contribution in [1.29, 1.82) is 0 Å². The third kappa shape index (κ3) is 44.6. The summed E-state index contributed by atoms with van der Waals surface area (Å²) in [6.45, 7) is 2.81. The molecule has 2 N–H and O–H groups in total. The summed E-state index contributed by atoms with van der Waals surface area (Å²) in [5.74, 6) is -1.08. The number of carbonyl (C=O) groups is 1. The highest BCUT2D eigenvalue weighted by Crippen LogP contribution is 1.83. The van der Waals surface area contributed by atoms with Crippen molar-refractivity contribution < 1.29 is 14.4 Å². The molecule has 0 amide bonds. The second kappa shape index (κ2) is 6.12. The number of aliphatic carboxylic acids is 1. The summed E-state index contributed by atoms with van der Waals surface area (Å²) >= 11 is 0. The van der Waals surface area contributed by atoms with E-state index in [2.05, 4.69) is 21.1 Å². The lowest BCUT2D eigenvalue weighted by Crippen LogP contribution is -2.38. The first kappa shape index (κ1) is 13.0. The van der Waals surface area contributed by atoms with Crippen molar-refractivity contribution in [2.24, 2.45) is 5.73 Å². The van der Waals surface area contributed by atoms with Crippen molar-refractivity contribution in [3.05, 3.63) is 0 Å². The Hall–Kier alpha value is -0.610. The Morgan fingerprint density at radius 3 is 1.73 bits per heavy atom. The summed E-state index contributed by atoms with van der Waals surface area (Å²) in [5.41, 5.74) is 5.30. The van der Waals surface area contributed by atoms with Gasteiger partial charge in [0.25, 0.3) is 0 Å². The minimum absolute atomic E-state index is 0.781. The molecular formula is C7H18N2O2. The maximum Gasteiger partial charge on any atom is 0.0905 e. The summed E-state index contributed by atoms with van der Waals surface area (Å²) in [6, 6.07) is 0. The van der Waals surface area contributed by atoms with Crippen LogP contribution in [0.25, 0.3) is 0 Å². The van der Waals surface area contributed by atoms with E-state index in [1.165, 1.54) is 0 Å². The number of carboxylic acid groups (broad SMARTS) is 1. The normalized spacial score (nSPS) is 9.91. The highest BCUT2D eigenvalue weighted by Gasteiger charge is 2.01. The predicted molar refractivity (Wildman–Crippen MR) is 42.6 cm³/mol. The van der Waals surface area contributed by atoms with Crippen LogP contribution in [0.1, 0.15) is 6.92 Å². The smallest absolute Gasteiger partial charge is 0.0905 e. The number of carboxylic acids is 1. The van der Waals surface area contributed by atoms with E-state index in [4.69, 9.17) is 15.6 Å². The quantitative estimate of drug-likeness (QED) is 0.498. The van der Waals surface area contributed by atoms with Gasteiger partial charge >= 0.3 is 0 Å². The van der Waals surface area contributed by atoms with Gasteiger partial charge in [-0.1, -0.05) is 0 Å². The first-order valence-corrected chi connectivity index (χ1v) is 3.47. The summed E-state index contributed by atoms with van der Waals surface area (Å²) in [4.78, 5) is 8.89. The van der Waals surface area contributed by atoms with Crippen molar-refractivity contribution in [3.8, 4) is 0 Å². The lowest BCUT2D eigenvalue weighted by Gasteiger charge is -2.22. The fourth-order valence-corrected chi connectivity index (χ4v) is 0.387. The van der Waals surface area contributed by atoms with E-state index >= 15 is 0 Å². The third-order valence-corrected chi connectivity index (χ3v) is 0.800. The molecule has 0 radical (unpaired) electrons. The third-order valence-electron chi connectivity index (χ3n) is 0.800. The minimum Gasteiger partial charge on any atom is -0.550 e. The van der Waals surface area contributed by atoms with Crippen LogP contribution in [0.15, 0.2) is 0 Å². The zero-order chi connectivity index (χ0) is 9.49. The van der Waals surface area contributed by atoms with E-state index in [9.17, 15) is 0 Å². The van der Waals surface area contributed by atoms with Crippen molar-refractivity contribution in [3.63, 3.8) is 0 Å². The molecule has 0 atom stereocenters. The summed E-state index contributed by atoms with van der Waals surface area (Å²) in [6.07, 6.45) is 0. The monoisotopic (exact) mass is 162 g/mol. The van der Waals surface area contributed by atoms with Crippen LogP contribution >= 0.6 is 0 Å². The van der Waals surface area contributed by atoms with Crippen LogP contribution in [0.3, 0.4) is 0 Å². The van der Waals surface area contributed by atoms with Gasteiger partial charge in [-0.05, 0) is 6.92 Å². The topological polar surface area (TPSA) is 66.1 Å². The lowest BCUT2D eigenvalue weighted by atomic mass is 10.5. The van der Waals surface area contributed by atoms with E-state index in [1.54, 1.807) is 0 Å². The minimum atomic E-state index is -1.08. The van der Waals surface area contributed by atoms with Gasteiger partial charge in [-0.15, -0.1) is 0 Å². The number of carbonyl (C=O) groups excluding carboxylic acids is 1. The fourth-order valence-electron chi connectivity index (χ4n) is 0.387. The summed E-state index contributed by atoms with van der Waals surface area (Å²) in [7, 11) is 6.40. The molecule has 0 aromatic rings. The van der Waals surface area contributed by atoms with Gasteiger partial charge in [0, 0.05) is 12.5 Å². The maximum absolute atomic E-state index is 8.89. The van der Waals surface area contributed by atoms with Crippen LogP contribution in [-0.2, 0) is 4.79 Å². The molecule has 0 unspecified atom stereocenters. The first-order valence-electron chi connectivity index (χ1n) is 3.47. The van der Waals surface area contributed by atoms with Gasteiger partial charge in [-0.25, -0.2) is 0 Å². The van der Waals surface area contributed by atoms with Crippen LogP contribution in [0, 0.1) is 0 Å². The SMILES string of the molecule is CC(=O)[O-].C[N+](C)(C)CCN. The standard InChI is InChI=1S/C5H15N2.C2H4O2/c1-7(2,3)5-4-6;1-2(3)4/h4-6H2,1-3H3;1H3,(H,3,4)/q+1;/p-1. The van der Waals surface area contributed by atoms with Gasteiger partial charge in [-0.3, -0.25) is 0 Å². The molecule has 0 aromatic heterocycles. The Kier molecular flexibility index (Phi) is 7.24. The summed E-state index contributed by atoms with van der Waals surface area (Å²) < 4.78 is 0.969. The van der Waals surface area contributed by atoms with Crippen LogP contribution in [-0.4, -0.2) is 44.7 Å². The van der Waals surface area contributed by atoms with E-state index in [1.807, 2.05) is 0 Å². The Labute approximate surface area is 68.2 Å². The molecule has 0 saturated heterocycles. The molecular weight excluding hydrogens is 144 g/mol. The van der Waals surface area contributed by atoms with E-state index in [0.29, 0.717) is 0 Å². The molecule has 0 rings (SSSR count). The van der Waals surface area contributed by atoms with Crippen LogP contribution in [0.2, 0.25) is 0 Å². The van der Waals surface area contributed by atoms with E-state index in [0.717, 1.165) is 24.5 Å². The van der Waals surface area contributed by atoms with Crippen LogP contribution in [0.4, 0.5) is 0 Å². The molecule has 0 bridgehead atoms. The molecule has 68 valence electrons. The lowest BCUT2D eigenvalue weighted by molar-refractivity contribution is -0.868. The molecule has 4 nitrogen and oxygen atoms in total. The van der Waals surface area contributed by atoms with Gasteiger partial charge in [0.2, 0.25) is 0 Å². The van der Waals surface area contributed by atoms with E-state index < -0.39 is 5.97 Å². The molecule has 0 fully saturated rings. The van der Waals surface area contributed by atoms with Crippen LogP contribution in [0.5, 0.6) is 0 Å². The zero-order valence-electron chi connectivity index (χ0n) is 7.76. The van der Waals surface area contributed by atoms with Crippen molar-refractivity contribution in [2.75, 3.05) is 34.2 Å². The highest BCUT2D eigenvalue weighted by atomic mass is 16.4. The molecule has 0 heterocycles. The molecule has 0 aromatic carbocycles. The number of rotatable bonds is 2.